The Kier molecular flexibility index (Phi) is 5.59. The molecule has 0 bridgehead atoms. The second-order valence-corrected chi connectivity index (χ2v) is 6.43. The van der Waals surface area contributed by atoms with Crippen molar-refractivity contribution in [1.82, 2.24) is 0 Å². The van der Waals surface area contributed by atoms with Gasteiger partial charge in [0.25, 0.3) is 0 Å². The van der Waals surface area contributed by atoms with Crippen LogP contribution in [0.1, 0.15) is 40.5 Å². The van der Waals surface area contributed by atoms with Crippen LogP contribution >= 0.6 is 15.9 Å². The first-order valence-electron chi connectivity index (χ1n) is 6.47. The third kappa shape index (κ3) is 4.06. The first kappa shape index (κ1) is 16.2. The zero-order chi connectivity index (χ0) is 14.6. The fourth-order valence-electron chi connectivity index (χ4n) is 1.77. The van der Waals surface area contributed by atoms with Gasteiger partial charge in [0.1, 0.15) is 11.4 Å². The molecule has 0 amide bonds. The van der Waals surface area contributed by atoms with Crippen molar-refractivity contribution in [1.29, 1.82) is 0 Å². The van der Waals surface area contributed by atoms with Crippen LogP contribution in [-0.2, 0) is 19.1 Å². The third-order valence-electron chi connectivity index (χ3n) is 3.11. The molecule has 0 radical (unpaired) electrons. The van der Waals surface area contributed by atoms with Crippen molar-refractivity contribution < 1.29 is 19.1 Å². The predicted octanol–water partition coefficient (Wildman–Crippen LogP) is 2.99. The Hall–Kier alpha value is -0.840. The molecule has 19 heavy (non-hydrogen) atoms. The number of esters is 2. The number of allylic oxidation sites excluding steroid dienone is 1. The minimum absolute atomic E-state index is 0.279. The van der Waals surface area contributed by atoms with Crippen LogP contribution in [0.3, 0.4) is 0 Å². The molecule has 1 heterocycles. The summed E-state index contributed by atoms with van der Waals surface area (Å²) in [6.07, 6.45) is 3.12. The molecule has 1 rings (SSSR count). The van der Waals surface area contributed by atoms with E-state index < -0.39 is 28.3 Å². The first-order chi connectivity index (χ1) is 8.79. The number of cyclic esters (lactones) is 1. The Bertz CT molecular complexity index is 387. The molecule has 0 N–H and O–H groups in total. The quantitative estimate of drug-likeness (QED) is 0.441. The van der Waals surface area contributed by atoms with Gasteiger partial charge in [0.2, 0.25) is 6.10 Å². The number of unbranched alkanes of at least 4 members (excludes halogenated alkanes) is 1. The summed E-state index contributed by atoms with van der Waals surface area (Å²) in [6.45, 7) is 7.91. The molecular formula is C14H21BrO4. The Labute approximate surface area is 122 Å². The van der Waals surface area contributed by atoms with Crippen LogP contribution in [0.25, 0.3) is 0 Å². The highest BCUT2D eigenvalue weighted by molar-refractivity contribution is 9.10. The van der Waals surface area contributed by atoms with E-state index >= 15 is 0 Å². The number of hydrogen-bond donors (Lipinski definition) is 0. The van der Waals surface area contributed by atoms with Gasteiger partial charge in [-0.2, -0.15) is 0 Å². The van der Waals surface area contributed by atoms with Gasteiger partial charge in [0.15, 0.2) is 0 Å². The third-order valence-corrected chi connectivity index (χ3v) is 4.20. The van der Waals surface area contributed by atoms with Crippen LogP contribution in [0.15, 0.2) is 11.6 Å². The fourth-order valence-corrected chi connectivity index (χ4v) is 2.07. The number of carbonyl (C=O) groups is 2. The van der Waals surface area contributed by atoms with Crippen LogP contribution in [-0.4, -0.2) is 29.5 Å². The highest BCUT2D eigenvalue weighted by Gasteiger charge is 2.47. The average Bonchev–Trinajstić information content (AvgIpc) is 2.61. The Balaban J connectivity index is 2.66. The normalized spacial score (nSPS) is 23.9. The lowest BCUT2D eigenvalue weighted by Gasteiger charge is -2.23. The Morgan fingerprint density at radius 1 is 1.63 bits per heavy atom. The van der Waals surface area contributed by atoms with Gasteiger partial charge in [0, 0.05) is 5.41 Å². The number of carbonyl (C=O) groups excluding carboxylic acids is 2. The maximum atomic E-state index is 12.0. The lowest BCUT2D eigenvalue weighted by Crippen LogP contribution is -2.37. The molecule has 1 aliphatic heterocycles. The summed E-state index contributed by atoms with van der Waals surface area (Å²) in [5, 5.41) is 0. The number of alkyl halides is 1. The maximum absolute atomic E-state index is 12.0. The van der Waals surface area contributed by atoms with Gasteiger partial charge in [-0.25, -0.2) is 4.79 Å². The van der Waals surface area contributed by atoms with E-state index in [4.69, 9.17) is 9.47 Å². The van der Waals surface area contributed by atoms with E-state index in [1.54, 1.807) is 0 Å². The smallest absolute Gasteiger partial charge is 0.348 e. The van der Waals surface area contributed by atoms with Crippen molar-refractivity contribution in [3.8, 4) is 0 Å². The lowest BCUT2D eigenvalue weighted by molar-refractivity contribution is -0.162. The molecule has 0 aromatic rings. The summed E-state index contributed by atoms with van der Waals surface area (Å²) in [7, 11) is 0. The fraction of sp³-hybridized carbons (Fsp3) is 0.714. The minimum atomic E-state index is -0.820. The standard InChI is InChI=1S/C14H21BrO4/c1-5-6-7-9(2)10(15)12(16)19-11-13(17)18-8-14(11,3)4/h7,10-11H,5-6,8H2,1-4H3/b9-7-. The van der Waals surface area contributed by atoms with Crippen molar-refractivity contribution in [3.05, 3.63) is 11.6 Å². The van der Waals surface area contributed by atoms with Crippen LogP contribution in [0.5, 0.6) is 0 Å². The largest absolute Gasteiger partial charge is 0.462 e. The Morgan fingerprint density at radius 2 is 2.26 bits per heavy atom. The summed E-state index contributed by atoms with van der Waals surface area (Å²) < 4.78 is 10.2. The highest BCUT2D eigenvalue weighted by Crippen LogP contribution is 2.32. The number of ether oxygens (including phenoxy) is 2. The second kappa shape index (κ2) is 6.55. The summed E-state index contributed by atoms with van der Waals surface area (Å²) in [5.41, 5.74) is 0.427. The Morgan fingerprint density at radius 3 is 2.74 bits per heavy atom. The van der Waals surface area contributed by atoms with Gasteiger partial charge in [-0.05, 0) is 13.3 Å². The van der Waals surface area contributed by atoms with E-state index in [1.807, 2.05) is 26.8 Å². The molecule has 108 valence electrons. The van der Waals surface area contributed by atoms with Gasteiger partial charge < -0.3 is 9.47 Å². The van der Waals surface area contributed by atoms with E-state index in [0.29, 0.717) is 0 Å². The van der Waals surface area contributed by atoms with E-state index in [9.17, 15) is 9.59 Å². The van der Waals surface area contributed by atoms with E-state index in [0.717, 1.165) is 18.4 Å². The predicted molar refractivity (Wildman–Crippen MR) is 76.0 cm³/mol. The summed E-state index contributed by atoms with van der Waals surface area (Å²) in [4.78, 5) is 23.1. The highest BCUT2D eigenvalue weighted by atomic mass is 79.9. The zero-order valence-electron chi connectivity index (χ0n) is 11.9. The minimum Gasteiger partial charge on any atom is -0.462 e. The molecule has 0 saturated carbocycles. The molecule has 0 aliphatic carbocycles. The lowest BCUT2D eigenvalue weighted by atomic mass is 9.90. The van der Waals surface area contributed by atoms with Crippen molar-refractivity contribution in [2.24, 2.45) is 5.41 Å². The number of halogens is 1. The molecule has 5 heteroatoms. The molecule has 1 aliphatic rings. The topological polar surface area (TPSA) is 52.6 Å². The van der Waals surface area contributed by atoms with Gasteiger partial charge in [0.05, 0.1) is 0 Å². The van der Waals surface area contributed by atoms with Crippen molar-refractivity contribution in [2.45, 2.75) is 51.5 Å². The molecule has 2 atom stereocenters. The van der Waals surface area contributed by atoms with E-state index in [2.05, 4.69) is 22.9 Å². The molecule has 0 aromatic heterocycles. The summed E-state index contributed by atoms with van der Waals surface area (Å²) in [5.74, 6) is -0.907. The van der Waals surface area contributed by atoms with Gasteiger partial charge in [-0.15, -0.1) is 0 Å². The average molecular weight is 333 g/mol. The van der Waals surface area contributed by atoms with Crippen molar-refractivity contribution in [2.75, 3.05) is 6.61 Å². The summed E-state index contributed by atoms with van der Waals surface area (Å²) >= 11 is 3.31. The van der Waals surface area contributed by atoms with Crippen LogP contribution < -0.4 is 0 Å². The molecular weight excluding hydrogens is 312 g/mol. The molecule has 2 unspecified atom stereocenters. The van der Waals surface area contributed by atoms with Crippen molar-refractivity contribution in [3.63, 3.8) is 0 Å². The molecule has 0 aromatic carbocycles. The number of rotatable bonds is 5. The molecule has 4 nitrogen and oxygen atoms in total. The van der Waals surface area contributed by atoms with E-state index in [-0.39, 0.29) is 6.61 Å². The van der Waals surface area contributed by atoms with Gasteiger partial charge >= 0.3 is 11.9 Å². The SMILES string of the molecule is CCC/C=C(/C)C(Br)C(=O)OC1C(=O)OCC1(C)C. The van der Waals surface area contributed by atoms with E-state index in [1.165, 1.54) is 0 Å². The maximum Gasteiger partial charge on any atom is 0.348 e. The monoisotopic (exact) mass is 332 g/mol. The molecule has 1 fully saturated rings. The zero-order valence-corrected chi connectivity index (χ0v) is 13.5. The number of hydrogen-bond acceptors (Lipinski definition) is 4. The first-order valence-corrected chi connectivity index (χ1v) is 7.39. The van der Waals surface area contributed by atoms with Crippen LogP contribution in [0.4, 0.5) is 0 Å². The van der Waals surface area contributed by atoms with Crippen molar-refractivity contribution >= 4 is 27.9 Å². The van der Waals surface area contributed by atoms with Crippen LogP contribution in [0, 0.1) is 5.41 Å². The van der Waals surface area contributed by atoms with Gasteiger partial charge in [-0.1, -0.05) is 54.8 Å². The van der Waals surface area contributed by atoms with Crippen LogP contribution in [0.2, 0.25) is 0 Å². The molecule has 1 saturated heterocycles. The second-order valence-electron chi connectivity index (χ2n) is 5.51. The molecule has 0 spiro atoms. The van der Waals surface area contributed by atoms with Gasteiger partial charge in [-0.3, -0.25) is 4.79 Å². The summed E-state index contributed by atoms with van der Waals surface area (Å²) in [6, 6.07) is 0.